The quantitative estimate of drug-likeness (QED) is 0.821. The minimum atomic E-state index is -0.895. The van der Waals surface area contributed by atoms with Crippen molar-refractivity contribution in [3.8, 4) is 0 Å². The van der Waals surface area contributed by atoms with Gasteiger partial charge in [0.05, 0.1) is 11.3 Å². The Labute approximate surface area is 122 Å². The zero-order valence-corrected chi connectivity index (χ0v) is 12.4. The molecule has 0 amide bonds. The molecule has 1 atom stereocenters. The van der Waals surface area contributed by atoms with Crippen molar-refractivity contribution >= 4 is 17.7 Å². The largest absolute Gasteiger partial charge is 0.478 e. The van der Waals surface area contributed by atoms with E-state index < -0.39 is 5.97 Å². The van der Waals surface area contributed by atoms with E-state index in [0.717, 1.165) is 22.8 Å². The van der Waals surface area contributed by atoms with Gasteiger partial charge in [-0.1, -0.05) is 6.92 Å². The van der Waals surface area contributed by atoms with Crippen LogP contribution in [0.3, 0.4) is 0 Å². The van der Waals surface area contributed by atoms with Crippen LogP contribution in [-0.4, -0.2) is 20.9 Å². The summed E-state index contributed by atoms with van der Waals surface area (Å²) in [6.45, 7) is 4.29. The summed E-state index contributed by atoms with van der Waals surface area (Å²) in [5, 5.41) is 13.4. The minimum Gasteiger partial charge on any atom is -0.478 e. The first-order chi connectivity index (χ1) is 9.60. The third kappa shape index (κ3) is 3.63. The third-order valence-corrected chi connectivity index (χ3v) is 4.24. The summed E-state index contributed by atoms with van der Waals surface area (Å²) in [7, 11) is 0. The fourth-order valence-corrected chi connectivity index (χ4v) is 2.53. The first-order valence-electron chi connectivity index (χ1n) is 6.60. The minimum absolute atomic E-state index is 0.315. The molecule has 5 heteroatoms. The van der Waals surface area contributed by atoms with Crippen molar-refractivity contribution in [2.24, 2.45) is 0 Å². The molecule has 0 bridgehead atoms. The molecule has 0 fully saturated rings. The maximum atomic E-state index is 10.8. The van der Waals surface area contributed by atoms with Crippen LogP contribution in [-0.2, 0) is 5.75 Å². The van der Waals surface area contributed by atoms with E-state index in [1.165, 1.54) is 0 Å². The number of carbonyl (C=O) groups is 1. The molecule has 1 aromatic heterocycles. The average molecular weight is 290 g/mol. The van der Waals surface area contributed by atoms with E-state index >= 15 is 0 Å². The van der Waals surface area contributed by atoms with Gasteiger partial charge in [-0.05, 0) is 43.7 Å². The van der Waals surface area contributed by atoms with Gasteiger partial charge in [0.2, 0.25) is 0 Å². The van der Waals surface area contributed by atoms with E-state index in [-0.39, 0.29) is 0 Å². The van der Waals surface area contributed by atoms with Crippen LogP contribution in [0, 0.1) is 0 Å². The number of carboxylic acid groups (broad SMARTS) is 1. The second-order valence-electron chi connectivity index (χ2n) is 4.66. The van der Waals surface area contributed by atoms with Gasteiger partial charge < -0.3 is 5.11 Å². The van der Waals surface area contributed by atoms with E-state index in [1.54, 1.807) is 23.9 Å². The van der Waals surface area contributed by atoms with E-state index in [4.69, 9.17) is 5.11 Å². The fraction of sp³-hybridized carbons (Fsp3) is 0.333. The lowest BCUT2D eigenvalue weighted by molar-refractivity contribution is 0.0697. The fourth-order valence-electron chi connectivity index (χ4n) is 1.74. The molecule has 20 heavy (non-hydrogen) atoms. The van der Waals surface area contributed by atoms with Gasteiger partial charge in [-0.2, -0.15) is 5.10 Å². The lowest BCUT2D eigenvalue weighted by Crippen LogP contribution is -2.04. The highest BCUT2D eigenvalue weighted by molar-refractivity contribution is 7.98. The lowest BCUT2D eigenvalue weighted by Gasteiger charge is -2.08. The summed E-state index contributed by atoms with van der Waals surface area (Å²) in [5.41, 5.74) is 1.35. The lowest BCUT2D eigenvalue weighted by atomic mass is 10.2. The van der Waals surface area contributed by atoms with Crippen LogP contribution in [0.2, 0.25) is 0 Å². The van der Waals surface area contributed by atoms with Gasteiger partial charge in [0.25, 0.3) is 0 Å². The second-order valence-corrected chi connectivity index (χ2v) is 5.71. The van der Waals surface area contributed by atoms with Crippen LogP contribution in [0.5, 0.6) is 0 Å². The second kappa shape index (κ2) is 6.61. The molecule has 2 aromatic rings. The molecule has 0 aliphatic rings. The molecule has 1 N–H and O–H groups in total. The summed E-state index contributed by atoms with van der Waals surface area (Å²) in [6.07, 6.45) is 3.07. The number of hydrogen-bond donors (Lipinski definition) is 1. The Morgan fingerprint density at radius 1 is 1.35 bits per heavy atom. The predicted octanol–water partition coefficient (Wildman–Crippen LogP) is 3.84. The Morgan fingerprint density at radius 2 is 2.05 bits per heavy atom. The first kappa shape index (κ1) is 14.7. The number of thioether (sulfide) groups is 1. The Bertz CT molecular complexity index is 578. The average Bonchev–Trinajstić information content (AvgIpc) is 2.93. The number of aromatic carboxylic acids is 1. The monoisotopic (exact) mass is 290 g/mol. The van der Waals surface area contributed by atoms with Crippen molar-refractivity contribution in [3.63, 3.8) is 0 Å². The predicted molar refractivity (Wildman–Crippen MR) is 80.2 cm³/mol. The highest BCUT2D eigenvalue weighted by atomic mass is 32.2. The Balaban J connectivity index is 1.94. The van der Waals surface area contributed by atoms with Gasteiger partial charge in [-0.15, -0.1) is 11.8 Å². The number of hydrogen-bond acceptors (Lipinski definition) is 3. The van der Waals surface area contributed by atoms with Crippen LogP contribution in [0.1, 0.15) is 42.4 Å². The molecule has 0 spiro atoms. The number of rotatable bonds is 6. The zero-order chi connectivity index (χ0) is 14.5. The van der Waals surface area contributed by atoms with Crippen molar-refractivity contribution < 1.29 is 9.90 Å². The van der Waals surface area contributed by atoms with E-state index in [1.807, 2.05) is 29.1 Å². The standard InChI is InChI=1S/C15H18N2O2S/c1-3-11(2)17-9-8-13(16-17)10-20-14-6-4-12(5-7-14)15(18)19/h4-9,11H,3,10H2,1-2H3,(H,18,19). The van der Waals surface area contributed by atoms with Gasteiger partial charge in [-0.3, -0.25) is 4.68 Å². The Morgan fingerprint density at radius 3 is 2.65 bits per heavy atom. The van der Waals surface area contributed by atoms with Gasteiger partial charge in [0, 0.05) is 22.9 Å². The molecule has 4 nitrogen and oxygen atoms in total. The van der Waals surface area contributed by atoms with Gasteiger partial charge in [-0.25, -0.2) is 4.79 Å². The smallest absolute Gasteiger partial charge is 0.335 e. The first-order valence-corrected chi connectivity index (χ1v) is 7.59. The number of benzene rings is 1. The van der Waals surface area contributed by atoms with Crippen LogP contribution < -0.4 is 0 Å². The van der Waals surface area contributed by atoms with Crippen LogP contribution in [0.15, 0.2) is 41.4 Å². The normalized spacial score (nSPS) is 12.3. The topological polar surface area (TPSA) is 55.1 Å². The molecule has 0 radical (unpaired) electrons. The van der Waals surface area contributed by atoms with Crippen molar-refractivity contribution in [1.29, 1.82) is 0 Å². The van der Waals surface area contributed by atoms with Crippen molar-refractivity contribution in [3.05, 3.63) is 47.8 Å². The van der Waals surface area contributed by atoms with E-state index in [0.29, 0.717) is 11.6 Å². The highest BCUT2D eigenvalue weighted by Gasteiger charge is 2.06. The van der Waals surface area contributed by atoms with Crippen molar-refractivity contribution in [1.82, 2.24) is 9.78 Å². The van der Waals surface area contributed by atoms with Crippen molar-refractivity contribution in [2.75, 3.05) is 0 Å². The molecule has 1 unspecified atom stereocenters. The summed E-state index contributed by atoms with van der Waals surface area (Å²) < 4.78 is 1.99. The van der Waals surface area contributed by atoms with Gasteiger partial charge >= 0.3 is 5.97 Å². The Hall–Kier alpha value is -1.75. The molecule has 0 aliphatic heterocycles. The molecule has 1 aromatic carbocycles. The number of aromatic nitrogens is 2. The molecule has 0 saturated carbocycles. The van der Waals surface area contributed by atoms with Crippen LogP contribution >= 0.6 is 11.8 Å². The summed E-state index contributed by atoms with van der Waals surface area (Å²) in [5.74, 6) is -0.107. The molecular formula is C15H18N2O2S. The maximum Gasteiger partial charge on any atom is 0.335 e. The van der Waals surface area contributed by atoms with Gasteiger partial charge in [0.1, 0.15) is 0 Å². The van der Waals surface area contributed by atoms with Crippen molar-refractivity contribution in [2.45, 2.75) is 37.0 Å². The van der Waals surface area contributed by atoms with Crippen LogP contribution in [0.25, 0.3) is 0 Å². The van der Waals surface area contributed by atoms with Gasteiger partial charge in [0.15, 0.2) is 0 Å². The number of nitrogens with zero attached hydrogens (tertiary/aromatic N) is 2. The molecule has 0 aliphatic carbocycles. The van der Waals surface area contributed by atoms with E-state index in [2.05, 4.69) is 18.9 Å². The molecule has 1 heterocycles. The summed E-state index contributed by atoms with van der Waals surface area (Å²) in [6, 6.07) is 9.37. The summed E-state index contributed by atoms with van der Waals surface area (Å²) >= 11 is 1.66. The zero-order valence-electron chi connectivity index (χ0n) is 11.6. The van der Waals surface area contributed by atoms with Crippen LogP contribution in [0.4, 0.5) is 0 Å². The summed E-state index contributed by atoms with van der Waals surface area (Å²) in [4.78, 5) is 11.8. The SMILES string of the molecule is CCC(C)n1ccc(CSc2ccc(C(=O)O)cc2)n1. The highest BCUT2D eigenvalue weighted by Crippen LogP contribution is 2.23. The molecule has 106 valence electrons. The number of carboxylic acids is 1. The molecular weight excluding hydrogens is 272 g/mol. The molecule has 0 saturated heterocycles. The third-order valence-electron chi connectivity index (χ3n) is 3.19. The van der Waals surface area contributed by atoms with E-state index in [9.17, 15) is 4.79 Å². The molecule has 2 rings (SSSR count). The Kier molecular flexibility index (Phi) is 4.84. The maximum absolute atomic E-state index is 10.8.